The minimum atomic E-state index is -0.178. The van der Waals surface area contributed by atoms with E-state index in [2.05, 4.69) is 128 Å². The fraction of sp³-hybridized carbons (Fsp3) is 0.118. The quantitative estimate of drug-likeness (QED) is 0.169. The van der Waals surface area contributed by atoms with Crippen LogP contribution < -0.4 is 35.4 Å². The Morgan fingerprint density at radius 1 is 0.658 bits per heavy atom. The number of fused-ring (bicyclic) bond motifs is 4. The normalized spacial score (nSPS) is 12.8. The average Bonchev–Trinajstić information content (AvgIpc) is 3.54. The van der Waals surface area contributed by atoms with E-state index in [0.717, 1.165) is 0 Å². The van der Waals surface area contributed by atoms with Gasteiger partial charge in [0, 0.05) is 0 Å². The number of halogens is 2. The predicted molar refractivity (Wildman–Crippen MR) is 156 cm³/mol. The molecule has 0 N–H and O–H groups in total. The van der Waals surface area contributed by atoms with Crippen molar-refractivity contribution in [2.75, 3.05) is 6.16 Å². The molecule has 6 aromatic rings. The summed E-state index contributed by atoms with van der Waals surface area (Å²) >= 11 is 0. The Labute approximate surface area is 254 Å². The third-order valence-electron chi connectivity index (χ3n) is 7.03. The Morgan fingerprint density at radius 2 is 1.34 bits per heavy atom. The van der Waals surface area contributed by atoms with Gasteiger partial charge < -0.3 is 24.8 Å². The molecule has 0 saturated carbocycles. The maximum Gasteiger partial charge on any atom is 4.00 e. The van der Waals surface area contributed by atoms with Crippen LogP contribution in [0, 0.1) is 0 Å². The second-order valence-electron chi connectivity index (χ2n) is 9.24. The van der Waals surface area contributed by atoms with E-state index in [1.807, 2.05) is 0 Å². The van der Waals surface area contributed by atoms with Crippen molar-refractivity contribution in [2.45, 2.75) is 19.8 Å². The molecule has 0 radical (unpaired) electrons. The molecule has 0 spiro atoms. The number of hydrogen-bond acceptors (Lipinski definition) is 0. The summed E-state index contributed by atoms with van der Waals surface area (Å²) < 4.78 is 0. The summed E-state index contributed by atoms with van der Waals surface area (Å²) in [7, 11) is -0.178. The summed E-state index contributed by atoms with van der Waals surface area (Å²) in [5.74, 6) is 0. The first-order valence-corrected chi connectivity index (χ1v) is 14.1. The number of benzene rings is 4. The minimum Gasteiger partial charge on any atom is -1.00 e. The Balaban J connectivity index is 0.000000202. The summed E-state index contributed by atoms with van der Waals surface area (Å²) in [5.41, 5.74) is 5.49. The molecule has 1 heterocycles. The van der Waals surface area contributed by atoms with Crippen LogP contribution in [0.5, 0.6) is 0 Å². The van der Waals surface area contributed by atoms with Crippen molar-refractivity contribution in [1.82, 2.24) is 0 Å². The van der Waals surface area contributed by atoms with Gasteiger partial charge in [0.25, 0.3) is 0 Å². The van der Waals surface area contributed by atoms with Gasteiger partial charge in [-0.1, -0.05) is 99.1 Å². The van der Waals surface area contributed by atoms with Crippen LogP contribution in [0.15, 0.2) is 121 Å². The molecular formula is C34H29Cl2PTi. The summed E-state index contributed by atoms with van der Waals surface area (Å²) in [4.78, 5) is 0. The third kappa shape index (κ3) is 5.87. The fourth-order valence-corrected chi connectivity index (χ4v) is 8.02. The zero-order valence-electron chi connectivity index (χ0n) is 21.4. The van der Waals surface area contributed by atoms with Gasteiger partial charge in [-0.3, -0.25) is 0 Å². The first-order chi connectivity index (χ1) is 17.3. The monoisotopic (exact) mass is 586 g/mol. The van der Waals surface area contributed by atoms with E-state index < -0.39 is 0 Å². The van der Waals surface area contributed by atoms with Crippen LogP contribution in [-0.2, 0) is 21.7 Å². The van der Waals surface area contributed by atoms with Crippen LogP contribution in [0.25, 0.3) is 43.8 Å². The van der Waals surface area contributed by atoms with E-state index in [1.165, 1.54) is 62.8 Å². The van der Waals surface area contributed by atoms with Gasteiger partial charge in [-0.2, -0.15) is 18.2 Å². The molecule has 0 nitrogen and oxygen atoms in total. The molecule has 1 aliphatic heterocycles. The minimum absolute atomic E-state index is 0. The molecule has 2 bridgehead atoms. The average molecular weight is 587 g/mol. The Hall–Kier alpha value is -2.18. The third-order valence-corrected chi connectivity index (χ3v) is 9.65. The standard InChI is InChI=1S/C19H18P.C15H11.2ClH.Ti/c1-2-3-11-20-15-12-14-7-6-9-16(18(14)13-15)17-8-4-5-10-19(17)20;1-2-6-12(7-3-1)14-10-4-8-13-9-5-11-15(13)14;;;/h4-10,12-13H,2-3,11H2,1H3;1-11H;2*1H;/q2*-1;;;+4/p-2. The molecule has 1 atom stereocenters. The predicted octanol–water partition coefficient (Wildman–Crippen LogP) is 3.00. The number of unbranched alkanes of at least 4 members (excludes halogenated alkanes) is 1. The second-order valence-corrected chi connectivity index (χ2v) is 11.5. The summed E-state index contributed by atoms with van der Waals surface area (Å²) in [5, 5.41) is 8.66. The maximum atomic E-state index is 2.45. The van der Waals surface area contributed by atoms with E-state index in [9.17, 15) is 0 Å². The van der Waals surface area contributed by atoms with Crippen molar-refractivity contribution in [3.63, 3.8) is 0 Å². The first-order valence-electron chi connectivity index (χ1n) is 12.6. The van der Waals surface area contributed by atoms with Crippen molar-refractivity contribution < 1.29 is 46.5 Å². The SMILES string of the molecule is CCCCP1c2cc3c(cccc3[cH-]2)-c2ccccc21.[Cl-].[Cl-].[Ti+4].c1ccc(-c2cccc3[cH-]ccc23)cc1. The molecular weight excluding hydrogens is 558 g/mol. The van der Waals surface area contributed by atoms with Crippen LogP contribution in [0.4, 0.5) is 0 Å². The molecule has 4 heteroatoms. The van der Waals surface area contributed by atoms with Gasteiger partial charge in [0.05, 0.1) is 0 Å². The van der Waals surface area contributed by atoms with Crippen molar-refractivity contribution in [2.24, 2.45) is 0 Å². The van der Waals surface area contributed by atoms with Gasteiger partial charge in [0.2, 0.25) is 0 Å². The fourth-order valence-electron chi connectivity index (χ4n) is 5.28. The van der Waals surface area contributed by atoms with Gasteiger partial charge in [0.1, 0.15) is 0 Å². The summed E-state index contributed by atoms with van der Waals surface area (Å²) in [6.07, 6.45) is 3.93. The molecule has 7 rings (SSSR count). The zero-order chi connectivity index (χ0) is 23.6. The van der Waals surface area contributed by atoms with Crippen LogP contribution in [-0.4, -0.2) is 6.16 Å². The summed E-state index contributed by atoms with van der Waals surface area (Å²) in [6.45, 7) is 2.29. The van der Waals surface area contributed by atoms with Gasteiger partial charge in [-0.15, -0.1) is 63.2 Å². The van der Waals surface area contributed by atoms with Gasteiger partial charge in [-0.05, 0) is 29.0 Å². The van der Waals surface area contributed by atoms with Crippen molar-refractivity contribution >= 4 is 40.1 Å². The molecule has 0 aliphatic carbocycles. The van der Waals surface area contributed by atoms with E-state index in [4.69, 9.17) is 0 Å². The molecule has 188 valence electrons. The van der Waals surface area contributed by atoms with Crippen LogP contribution >= 0.6 is 7.92 Å². The maximum absolute atomic E-state index is 2.45. The molecule has 1 aliphatic rings. The van der Waals surface area contributed by atoms with E-state index >= 15 is 0 Å². The molecule has 1 unspecified atom stereocenters. The molecule has 0 aromatic heterocycles. The van der Waals surface area contributed by atoms with Crippen LogP contribution in [0.3, 0.4) is 0 Å². The Morgan fingerprint density at radius 3 is 2.13 bits per heavy atom. The Bertz CT molecular complexity index is 1600. The molecule has 38 heavy (non-hydrogen) atoms. The van der Waals surface area contributed by atoms with E-state index in [0.29, 0.717) is 0 Å². The number of rotatable bonds is 4. The number of hydrogen-bond donors (Lipinski definition) is 0. The van der Waals surface area contributed by atoms with Crippen molar-refractivity contribution in [3.05, 3.63) is 121 Å². The molecule has 0 fully saturated rings. The molecule has 0 saturated heterocycles. The second kappa shape index (κ2) is 13.8. The smallest absolute Gasteiger partial charge is 1.00 e. The van der Waals surface area contributed by atoms with Gasteiger partial charge in [-0.25, -0.2) is 0 Å². The van der Waals surface area contributed by atoms with Gasteiger partial charge >= 0.3 is 21.7 Å². The Kier molecular flexibility index (Phi) is 11.0. The largest absolute Gasteiger partial charge is 4.00 e. The summed E-state index contributed by atoms with van der Waals surface area (Å²) in [6, 6.07) is 44.1. The van der Waals surface area contributed by atoms with Crippen molar-refractivity contribution in [3.8, 4) is 22.3 Å². The van der Waals surface area contributed by atoms with E-state index in [1.54, 1.807) is 10.6 Å². The van der Waals surface area contributed by atoms with E-state index in [-0.39, 0.29) is 54.5 Å². The van der Waals surface area contributed by atoms with Crippen LogP contribution in [0.2, 0.25) is 0 Å². The first kappa shape index (κ1) is 30.4. The van der Waals surface area contributed by atoms with Gasteiger partial charge in [0.15, 0.2) is 0 Å². The zero-order valence-corrected chi connectivity index (χ0v) is 25.3. The van der Waals surface area contributed by atoms with Crippen LogP contribution in [0.1, 0.15) is 19.8 Å². The topological polar surface area (TPSA) is 0 Å². The molecule has 6 aromatic carbocycles. The van der Waals surface area contributed by atoms with Crippen molar-refractivity contribution in [1.29, 1.82) is 0 Å². The molecule has 0 amide bonds.